The molecule has 0 fully saturated rings. The zero-order chi connectivity index (χ0) is 18.9. The molecule has 0 aliphatic rings. The zero-order valence-electron chi connectivity index (χ0n) is 18.0. The Hall–Kier alpha value is -1.03. The summed E-state index contributed by atoms with van der Waals surface area (Å²) in [6.45, 7) is 0. The van der Waals surface area contributed by atoms with Crippen molar-refractivity contribution in [3.8, 4) is 0 Å². The Balaban J connectivity index is -0.00000182. The Bertz CT molecular complexity index is 707. The summed E-state index contributed by atoms with van der Waals surface area (Å²) in [6, 6.07) is 15.9. The summed E-state index contributed by atoms with van der Waals surface area (Å²) in [7, 11) is 0. The molecule has 0 aliphatic heterocycles. The molecule has 0 spiro atoms. The minimum atomic E-state index is -1.44. The molecule has 0 aromatic heterocycles. The minimum Gasteiger partial charge on any atom is -1.00 e. The van der Waals surface area contributed by atoms with Crippen LogP contribution in [0, 0.1) is 0 Å². The first kappa shape index (κ1) is 27.0. The van der Waals surface area contributed by atoms with Crippen LogP contribution in [0.2, 0.25) is 0 Å². The predicted octanol–water partition coefficient (Wildman–Crippen LogP) is -4.43. The number of hydrogen-bond acceptors (Lipinski definition) is 7. The van der Waals surface area contributed by atoms with Gasteiger partial charge in [-0.15, -0.1) is 0 Å². The smallest absolute Gasteiger partial charge is 1.00 e. The average Bonchev–Trinajstić information content (AvgIpc) is 2.63. The van der Waals surface area contributed by atoms with E-state index in [1.54, 1.807) is 48.5 Å². The minimum absolute atomic E-state index is 0. The topological polar surface area (TPSA) is 122 Å². The van der Waals surface area contributed by atoms with Crippen molar-refractivity contribution in [3.63, 3.8) is 0 Å². The van der Waals surface area contributed by atoms with Crippen LogP contribution in [0.3, 0.4) is 0 Å². The van der Waals surface area contributed by atoms with Gasteiger partial charge >= 0.3 is 77.2 Å². The zero-order valence-corrected chi connectivity index (χ0v) is 20.0. The number of carbonyl (C=O) groups is 3. The second-order valence-electron chi connectivity index (χ2n) is 5.68. The van der Waals surface area contributed by atoms with Gasteiger partial charge in [0.25, 0.3) is 0 Å². The van der Waals surface area contributed by atoms with Gasteiger partial charge in [-0.05, 0) is 24.0 Å². The van der Waals surface area contributed by atoms with Crippen molar-refractivity contribution >= 4 is 18.1 Å². The average molecular weight is 404 g/mol. The molecule has 2 atom stereocenters. The SMILES string of the molecule is N[C@@H](Cc1ccccc1)C(=O)OC(=O)OC(=O)[C@@H](N)Cc1ccccc1.[H-].[H-].[Na+].[Na+]. The quantitative estimate of drug-likeness (QED) is 0.283. The number of benzene rings is 2. The van der Waals surface area contributed by atoms with Gasteiger partial charge in [-0.1, -0.05) is 60.7 Å². The van der Waals surface area contributed by atoms with Crippen LogP contribution in [0.4, 0.5) is 4.79 Å². The fourth-order valence-corrected chi connectivity index (χ4v) is 2.24. The van der Waals surface area contributed by atoms with Crippen molar-refractivity contribution in [2.24, 2.45) is 11.5 Å². The van der Waals surface area contributed by atoms with Crippen molar-refractivity contribution in [2.75, 3.05) is 0 Å². The summed E-state index contributed by atoms with van der Waals surface area (Å²) in [4.78, 5) is 35.2. The molecule has 0 unspecified atom stereocenters. The van der Waals surface area contributed by atoms with Gasteiger partial charge in [0.1, 0.15) is 12.1 Å². The summed E-state index contributed by atoms with van der Waals surface area (Å²) >= 11 is 0. The molecular formula is C19H22N2Na2O5. The first-order valence-electron chi connectivity index (χ1n) is 8.02. The van der Waals surface area contributed by atoms with E-state index in [9.17, 15) is 14.4 Å². The standard InChI is InChI=1S/C19H20N2O5.2Na.2H/c20-15(11-13-7-3-1-4-8-13)17(22)25-19(24)26-18(23)16(21)12-14-9-5-2-6-10-14;;;;/h1-10,15-16H,11-12,20-21H2;;;;/q;2*+1;2*-1/t15-,16-;;;;/m0..../s1. The first-order chi connectivity index (χ1) is 12.5. The maximum atomic E-state index is 11.8. The van der Waals surface area contributed by atoms with Crippen molar-refractivity contribution in [1.29, 1.82) is 0 Å². The van der Waals surface area contributed by atoms with Crippen LogP contribution in [-0.4, -0.2) is 30.2 Å². The van der Waals surface area contributed by atoms with Gasteiger partial charge in [0, 0.05) is 0 Å². The molecule has 2 aromatic rings. The van der Waals surface area contributed by atoms with E-state index in [2.05, 4.69) is 9.47 Å². The van der Waals surface area contributed by atoms with Crippen LogP contribution >= 0.6 is 0 Å². The molecule has 0 radical (unpaired) electrons. The van der Waals surface area contributed by atoms with Gasteiger partial charge in [0.15, 0.2) is 0 Å². The molecule has 140 valence electrons. The molecule has 2 aromatic carbocycles. The van der Waals surface area contributed by atoms with Crippen LogP contribution in [0.5, 0.6) is 0 Å². The van der Waals surface area contributed by atoms with Crippen molar-refractivity contribution in [2.45, 2.75) is 24.9 Å². The summed E-state index contributed by atoms with van der Waals surface area (Å²) in [5.74, 6) is -1.97. The monoisotopic (exact) mass is 404 g/mol. The van der Waals surface area contributed by atoms with Crippen LogP contribution in [-0.2, 0) is 31.9 Å². The van der Waals surface area contributed by atoms with Gasteiger partial charge in [-0.3, -0.25) is 0 Å². The Morgan fingerprint density at radius 2 is 1.04 bits per heavy atom. The maximum absolute atomic E-state index is 11.8. The molecule has 0 aliphatic carbocycles. The van der Waals surface area contributed by atoms with Crippen LogP contribution in [0.25, 0.3) is 0 Å². The number of rotatable bonds is 6. The van der Waals surface area contributed by atoms with E-state index in [0.29, 0.717) is 0 Å². The van der Waals surface area contributed by atoms with E-state index in [1.165, 1.54) is 0 Å². The Morgan fingerprint density at radius 1 is 0.714 bits per heavy atom. The Morgan fingerprint density at radius 3 is 1.36 bits per heavy atom. The van der Waals surface area contributed by atoms with E-state index in [-0.39, 0.29) is 74.8 Å². The molecule has 9 heteroatoms. The van der Waals surface area contributed by atoms with E-state index < -0.39 is 30.2 Å². The van der Waals surface area contributed by atoms with E-state index in [1.807, 2.05) is 12.1 Å². The number of carbonyl (C=O) groups excluding carboxylic acids is 3. The predicted molar refractivity (Wildman–Crippen MR) is 96.0 cm³/mol. The number of hydrogen-bond donors (Lipinski definition) is 2. The van der Waals surface area contributed by atoms with E-state index in [4.69, 9.17) is 11.5 Å². The van der Waals surface area contributed by atoms with Gasteiger partial charge in [-0.25, -0.2) is 14.4 Å². The van der Waals surface area contributed by atoms with E-state index >= 15 is 0 Å². The molecule has 0 saturated carbocycles. The molecule has 2 rings (SSSR count). The van der Waals surface area contributed by atoms with Gasteiger partial charge in [-0.2, -0.15) is 0 Å². The van der Waals surface area contributed by atoms with Crippen molar-refractivity contribution in [1.82, 2.24) is 0 Å². The normalized spacial score (nSPS) is 11.8. The number of esters is 2. The molecule has 0 bridgehead atoms. The summed E-state index contributed by atoms with van der Waals surface area (Å²) in [5, 5.41) is 0. The molecule has 0 amide bonds. The summed E-state index contributed by atoms with van der Waals surface area (Å²) in [6.07, 6.45) is -1.06. The molecule has 28 heavy (non-hydrogen) atoms. The van der Waals surface area contributed by atoms with Gasteiger partial charge in [0.05, 0.1) is 0 Å². The Kier molecular flexibility index (Phi) is 13.5. The second-order valence-corrected chi connectivity index (χ2v) is 5.68. The molecule has 4 N–H and O–H groups in total. The summed E-state index contributed by atoms with van der Waals surface area (Å²) in [5.41, 5.74) is 13.0. The maximum Gasteiger partial charge on any atom is 1.00 e. The first-order valence-corrected chi connectivity index (χ1v) is 8.02. The van der Waals surface area contributed by atoms with Gasteiger partial charge in [0.2, 0.25) is 0 Å². The second kappa shape index (κ2) is 14.0. The van der Waals surface area contributed by atoms with Crippen LogP contribution in [0.1, 0.15) is 14.0 Å². The Labute approximate surface area is 210 Å². The number of ether oxygens (including phenoxy) is 2. The molecular weight excluding hydrogens is 382 g/mol. The molecule has 7 nitrogen and oxygen atoms in total. The molecule has 0 heterocycles. The van der Waals surface area contributed by atoms with Crippen molar-refractivity contribution < 1.29 is 85.8 Å². The third kappa shape index (κ3) is 9.45. The van der Waals surface area contributed by atoms with Crippen molar-refractivity contribution in [3.05, 3.63) is 71.8 Å². The van der Waals surface area contributed by atoms with E-state index in [0.717, 1.165) is 11.1 Å². The van der Waals surface area contributed by atoms with Crippen LogP contribution in [0.15, 0.2) is 60.7 Å². The third-order valence-corrected chi connectivity index (χ3v) is 3.57. The fourth-order valence-electron chi connectivity index (χ4n) is 2.24. The van der Waals surface area contributed by atoms with Crippen LogP contribution < -0.4 is 70.6 Å². The fraction of sp³-hybridized carbons (Fsp3) is 0.211. The third-order valence-electron chi connectivity index (χ3n) is 3.57. The largest absolute Gasteiger partial charge is 1.00 e. The van der Waals surface area contributed by atoms with Gasteiger partial charge < -0.3 is 23.8 Å². The summed E-state index contributed by atoms with van der Waals surface area (Å²) < 4.78 is 8.91. The molecule has 0 saturated heterocycles. The number of nitrogens with two attached hydrogens (primary N) is 2.